The van der Waals surface area contributed by atoms with Gasteiger partial charge in [0.2, 0.25) is 0 Å². The van der Waals surface area contributed by atoms with Crippen LogP contribution in [-0.4, -0.2) is 0 Å². The summed E-state index contributed by atoms with van der Waals surface area (Å²) in [4.78, 5) is 16.5. The maximum atomic E-state index is 2.42. The van der Waals surface area contributed by atoms with Gasteiger partial charge in [0.15, 0.2) is 0 Å². The van der Waals surface area contributed by atoms with Gasteiger partial charge in [0.1, 0.15) is 0 Å². The van der Waals surface area contributed by atoms with Gasteiger partial charge < -0.3 is 0 Å². The molecule has 31 rings (SSSR count). The fourth-order valence-corrected chi connectivity index (χ4v) is 29.6. The van der Waals surface area contributed by atoms with Crippen LogP contribution >= 0.6 is 68.0 Å². The minimum Gasteiger partial charge on any atom is -0.141 e. The van der Waals surface area contributed by atoms with Gasteiger partial charge in [-0.15, -0.1) is 68.0 Å². The molecule has 31 aromatic rings. The molecule has 0 radical (unpaired) electrons. The quantitative estimate of drug-likeness (QED) is 0.105. The van der Waals surface area contributed by atoms with Crippen molar-refractivity contribution in [3.8, 4) is 84.9 Å². The molecule has 6 heterocycles. The van der Waals surface area contributed by atoms with Crippen LogP contribution in [-0.2, 0) is 0 Å². The smallest absolute Gasteiger partial charge is 0.0436 e. The number of fused-ring (bicyclic) bond motifs is 15. The van der Waals surface area contributed by atoms with Crippen LogP contribution in [0.1, 0.15) is 29.3 Å². The molecule has 0 fully saturated rings. The summed E-state index contributed by atoms with van der Waals surface area (Å²) in [6.07, 6.45) is 0. The second kappa shape index (κ2) is 39.9. The minimum absolute atomic E-state index is 1.25. The van der Waals surface area contributed by atoms with E-state index in [1.165, 1.54) is 297 Å². The van der Waals surface area contributed by atoms with E-state index < -0.39 is 0 Å². The Labute approximate surface area is 896 Å². The van der Waals surface area contributed by atoms with E-state index in [0.717, 1.165) is 0 Å². The van der Waals surface area contributed by atoms with Crippen molar-refractivity contribution in [2.24, 2.45) is 0 Å². The highest BCUT2D eigenvalue weighted by atomic mass is 32.1. The first kappa shape index (κ1) is 93.2. The molecule has 0 nitrogen and oxygen atoms in total. The highest BCUT2D eigenvalue weighted by Gasteiger charge is 2.24. The second-order valence-corrected chi connectivity index (χ2v) is 46.4. The highest BCUT2D eigenvalue weighted by Crippen LogP contribution is 2.52. The van der Waals surface area contributed by atoms with Crippen LogP contribution in [0.4, 0.5) is 0 Å². The molecule has 150 heavy (non-hydrogen) atoms. The van der Waals surface area contributed by atoms with Crippen LogP contribution in [0.5, 0.6) is 0 Å². The van der Waals surface area contributed by atoms with E-state index in [1.807, 2.05) is 68.0 Å². The van der Waals surface area contributed by atoms with E-state index in [0.29, 0.717) is 0 Å². The van der Waals surface area contributed by atoms with E-state index in [9.17, 15) is 0 Å². The topological polar surface area (TPSA) is 0 Å². The number of hydrogen-bond donors (Lipinski definition) is 0. The van der Waals surface area contributed by atoms with Gasteiger partial charge in [0.25, 0.3) is 0 Å². The first-order chi connectivity index (χ1) is 73.9. The Kier molecular flexibility index (Phi) is 24.8. The third-order valence-electron chi connectivity index (χ3n) is 30.0. The maximum absolute atomic E-state index is 2.42. The Balaban J connectivity index is 0.0000000918. The highest BCUT2D eigenvalue weighted by molar-refractivity contribution is 7.19. The summed E-state index contributed by atoms with van der Waals surface area (Å²) < 4.78 is 0. The Hall–Kier alpha value is -16.6. The first-order valence-electron chi connectivity index (χ1n) is 51.4. The zero-order valence-electron chi connectivity index (χ0n) is 83.8. The van der Waals surface area contributed by atoms with Gasteiger partial charge >= 0.3 is 0 Å². The predicted octanol–water partition coefficient (Wildman–Crippen LogP) is 44.7. The molecule has 0 spiro atoms. The molecule has 0 aliphatic rings. The zero-order valence-corrected chi connectivity index (χ0v) is 88.7. The average Bonchev–Trinajstić information content (AvgIpc) is 0.845. The van der Waals surface area contributed by atoms with Crippen LogP contribution in [0.15, 0.2) is 497 Å². The van der Waals surface area contributed by atoms with Gasteiger partial charge in [0.05, 0.1) is 0 Å². The largest absolute Gasteiger partial charge is 0.141 e. The molecule has 0 saturated heterocycles. The SMILES string of the molecule is Cc1ccc(-c2ccc3c4cccc5cccc(c6cccc2c63)c54)s1.Cc1sc(-c2c3ccccc3cc3ccccc23)c2ccccc12.Cc1sc(-c2ccc3c(-c4ccccc4)c4ccccc4c(-c4ccccc4)c3c2)c2ccccc12.Cc1sc(-c2ccc3cc4ccccc4cc3c2)c2ccccc12.Cc1sc(-c2ccc3ccccc3c2)c2ccccc12.Cc1sc(-c2cccc3ccccc23)c2ccccc12. The zero-order chi connectivity index (χ0) is 101. The molecule has 0 aliphatic heterocycles. The van der Waals surface area contributed by atoms with Crippen LogP contribution in [0.3, 0.4) is 0 Å². The maximum Gasteiger partial charge on any atom is 0.0436 e. The predicted molar refractivity (Wildman–Crippen MR) is 667 cm³/mol. The van der Waals surface area contributed by atoms with E-state index in [-0.39, 0.29) is 0 Å². The molecule has 0 saturated carbocycles. The van der Waals surface area contributed by atoms with Crippen molar-refractivity contribution in [1.29, 1.82) is 0 Å². The summed E-state index contributed by atoms with van der Waals surface area (Å²) in [6.45, 7) is 13.3. The molecule has 0 bridgehead atoms. The van der Waals surface area contributed by atoms with Crippen molar-refractivity contribution in [3.05, 3.63) is 527 Å². The van der Waals surface area contributed by atoms with Crippen LogP contribution in [0, 0.1) is 41.5 Å². The summed E-state index contributed by atoms with van der Waals surface area (Å²) in [5.74, 6) is 0. The van der Waals surface area contributed by atoms with Gasteiger partial charge in [-0.25, -0.2) is 0 Å². The Morgan fingerprint density at radius 2 is 0.433 bits per heavy atom. The van der Waals surface area contributed by atoms with Gasteiger partial charge in [-0.3, -0.25) is 0 Å². The number of hydrogen-bond acceptors (Lipinski definition) is 6. The number of benzene rings is 25. The summed E-state index contributed by atoms with van der Waals surface area (Å²) in [7, 11) is 0. The second-order valence-electron chi connectivity index (χ2n) is 39.0. The Bertz CT molecular complexity index is 10500. The lowest BCUT2D eigenvalue weighted by Gasteiger charge is -2.18. The van der Waals surface area contributed by atoms with E-state index in [1.54, 1.807) is 0 Å². The summed E-state index contributed by atoms with van der Waals surface area (Å²) in [5.41, 5.74) is 13.1. The van der Waals surface area contributed by atoms with Crippen molar-refractivity contribution in [3.63, 3.8) is 0 Å². The van der Waals surface area contributed by atoms with Crippen LogP contribution in [0.2, 0.25) is 0 Å². The summed E-state index contributed by atoms with van der Waals surface area (Å²) in [5, 5.41) is 45.4. The van der Waals surface area contributed by atoms with Gasteiger partial charge in [-0.05, 0) is 291 Å². The van der Waals surface area contributed by atoms with E-state index in [2.05, 4.69) is 539 Å². The number of thiophene rings is 6. The molecule has 0 amide bonds. The molecule has 712 valence electrons. The van der Waals surface area contributed by atoms with Crippen LogP contribution in [0.25, 0.3) is 268 Å². The molecule has 6 heteroatoms. The lowest BCUT2D eigenvalue weighted by Crippen LogP contribution is -1.91. The van der Waals surface area contributed by atoms with Crippen molar-refractivity contribution in [1.82, 2.24) is 0 Å². The van der Waals surface area contributed by atoms with E-state index >= 15 is 0 Å². The summed E-state index contributed by atoms with van der Waals surface area (Å²) in [6, 6.07) is 181. The van der Waals surface area contributed by atoms with Crippen molar-refractivity contribution in [2.75, 3.05) is 0 Å². The molecule has 6 aromatic heterocycles. The van der Waals surface area contributed by atoms with Crippen molar-refractivity contribution < 1.29 is 0 Å². The molecule has 25 aromatic carbocycles. The van der Waals surface area contributed by atoms with Crippen molar-refractivity contribution >= 4 is 251 Å². The molecular weight excluding hydrogens is 1920 g/mol. The lowest BCUT2D eigenvalue weighted by molar-refractivity contribution is 1.64. The standard InChI is InChI=1S/C35H24S.C25H16S.2C23H16S.2C19H14S/c1-23-27-16-8-11-19-31(27)35(36-23)26-20-21-30-32(22-26)34(25-14-6-3-7-15-25)29-18-10-9-17-28(29)33(30)24-12-4-2-5-13-24;1-15-11-14-23(26-15)17-12-13-22-20-8-3-6-16-5-2-7-19(24(16)20)21-10-4-9-18(17)25(21)22;1-15-18-10-6-7-13-21(18)23(24-15)22-19-11-4-2-8-16(19)14-17-9-3-5-12-20(17)22;1-15-21-8-4-5-9-22(21)23(24-15)19-11-10-18-12-16-6-2-3-7-17(16)13-20(18)14-19;1-13-15-9-4-5-11-17(15)19(20-13)18-12-6-8-14-7-2-3-10-16(14)18;1-13-17-8-4-5-9-18(17)19(20-13)16-11-10-14-6-2-3-7-15(14)12-16/h2-22H,1H3;2-14H,1H3;2*2-14H,1H3;2*2-12H,1H3. The van der Waals surface area contributed by atoms with Gasteiger partial charge in [0, 0.05) is 96.6 Å². The Morgan fingerprint density at radius 1 is 0.127 bits per heavy atom. The molecule has 0 aliphatic carbocycles. The fraction of sp³-hybridized carbons (Fsp3) is 0.0417. The molecular formula is C144H100S6. The average molecular weight is 2020 g/mol. The summed E-state index contributed by atoms with van der Waals surface area (Å²) >= 11 is 11.4. The third kappa shape index (κ3) is 17.1. The van der Waals surface area contributed by atoms with Crippen LogP contribution < -0.4 is 0 Å². The molecule has 0 unspecified atom stereocenters. The normalized spacial score (nSPS) is 11.5. The van der Waals surface area contributed by atoms with E-state index in [4.69, 9.17) is 0 Å². The van der Waals surface area contributed by atoms with Gasteiger partial charge in [-0.2, -0.15) is 0 Å². The number of aryl methyl sites for hydroxylation is 6. The first-order valence-corrected chi connectivity index (χ1v) is 56.3. The lowest BCUT2D eigenvalue weighted by atomic mass is 9.85. The number of rotatable bonds is 8. The molecule has 0 N–H and O–H groups in total. The monoisotopic (exact) mass is 2020 g/mol. The molecule has 0 atom stereocenters. The Morgan fingerprint density at radius 3 is 0.940 bits per heavy atom. The van der Waals surface area contributed by atoms with Gasteiger partial charge in [-0.1, -0.05) is 449 Å². The minimum atomic E-state index is 1.25. The van der Waals surface area contributed by atoms with Crippen molar-refractivity contribution in [2.45, 2.75) is 41.5 Å². The fourth-order valence-electron chi connectivity index (χ4n) is 23.0. The third-order valence-corrected chi connectivity index (χ3v) is 36.9.